The van der Waals surface area contributed by atoms with E-state index in [1.54, 1.807) is 6.92 Å². The van der Waals surface area contributed by atoms with Gasteiger partial charge in [0.2, 0.25) is 0 Å². The Morgan fingerprint density at radius 2 is 1.67 bits per heavy atom. The lowest BCUT2D eigenvalue weighted by molar-refractivity contribution is -0.144. The first kappa shape index (κ1) is 25.0. The minimum absolute atomic E-state index is 0.214. The summed E-state index contributed by atoms with van der Waals surface area (Å²) < 4.78 is 26.2. The third-order valence-corrected chi connectivity index (χ3v) is 7.32. The fourth-order valence-electron chi connectivity index (χ4n) is 2.61. The van der Waals surface area contributed by atoms with Crippen molar-refractivity contribution < 1.29 is 23.7 Å². The summed E-state index contributed by atoms with van der Waals surface area (Å²) in [6, 6.07) is 7.21. The van der Waals surface area contributed by atoms with Crippen LogP contribution < -0.4 is 15.2 Å². The second kappa shape index (κ2) is 11.5. The lowest BCUT2D eigenvalue weighted by Gasteiger charge is -2.16. The first-order valence-electron chi connectivity index (χ1n) is 9.10. The zero-order valence-corrected chi connectivity index (χ0v) is 24.6. The van der Waals surface area contributed by atoms with Crippen molar-refractivity contribution in [2.45, 2.75) is 25.5 Å². The monoisotopic (exact) mass is 861 g/mol. The van der Waals surface area contributed by atoms with Gasteiger partial charge in [-0.05, 0) is 134 Å². The molecular formula is C20H19I4NO5. The van der Waals surface area contributed by atoms with E-state index in [4.69, 9.17) is 24.7 Å². The number of hydrogen-bond donors (Lipinski definition) is 1. The van der Waals surface area contributed by atoms with Gasteiger partial charge in [0.15, 0.2) is 5.75 Å². The molecule has 3 rings (SSSR count). The number of carbonyl (C=O) groups excluding carboxylic acids is 1. The van der Waals surface area contributed by atoms with E-state index in [0.29, 0.717) is 19.6 Å². The summed E-state index contributed by atoms with van der Waals surface area (Å²) in [7, 11) is 0. The predicted molar refractivity (Wildman–Crippen MR) is 147 cm³/mol. The Labute approximate surface area is 229 Å². The van der Waals surface area contributed by atoms with Crippen LogP contribution in [0.3, 0.4) is 0 Å². The van der Waals surface area contributed by atoms with Gasteiger partial charge in [-0.3, -0.25) is 4.79 Å². The quantitative estimate of drug-likeness (QED) is 0.215. The van der Waals surface area contributed by atoms with Gasteiger partial charge in [-0.25, -0.2) is 0 Å². The van der Waals surface area contributed by atoms with Crippen LogP contribution in [0.4, 0.5) is 0 Å². The van der Waals surface area contributed by atoms with Gasteiger partial charge in [0.1, 0.15) is 30.3 Å². The molecule has 0 radical (unpaired) electrons. The molecule has 1 saturated heterocycles. The van der Waals surface area contributed by atoms with Crippen LogP contribution >= 0.6 is 90.4 Å². The van der Waals surface area contributed by atoms with Crippen LogP contribution in [0.2, 0.25) is 0 Å². The van der Waals surface area contributed by atoms with Crippen molar-refractivity contribution in [1.29, 1.82) is 0 Å². The highest BCUT2D eigenvalue weighted by molar-refractivity contribution is 14.1. The SMILES string of the molecule is CCOC(=O)C(N)Cc1cc(I)c(Oc2cc(I)c(OCC3CO3)c(I)c2)c(I)c1. The summed E-state index contributed by atoms with van der Waals surface area (Å²) in [6.45, 7) is 3.43. The van der Waals surface area contributed by atoms with Crippen molar-refractivity contribution >= 4 is 96.3 Å². The smallest absolute Gasteiger partial charge is 0.323 e. The van der Waals surface area contributed by atoms with Crippen molar-refractivity contribution in [3.63, 3.8) is 0 Å². The topological polar surface area (TPSA) is 83.3 Å². The largest absolute Gasteiger partial charge is 0.489 e. The number of ether oxygens (including phenoxy) is 4. The van der Waals surface area contributed by atoms with Crippen molar-refractivity contribution in [3.8, 4) is 17.2 Å². The molecule has 1 aliphatic heterocycles. The van der Waals surface area contributed by atoms with Crippen molar-refractivity contribution in [1.82, 2.24) is 0 Å². The average Bonchev–Trinajstić information content (AvgIpc) is 3.48. The fraction of sp³-hybridized carbons (Fsp3) is 0.350. The number of epoxide rings is 1. The summed E-state index contributed by atoms with van der Waals surface area (Å²) in [6.07, 6.45) is 0.628. The Bertz CT molecular complexity index is 889. The van der Waals surface area contributed by atoms with Crippen molar-refractivity contribution in [2.24, 2.45) is 5.73 Å². The minimum Gasteiger partial charge on any atom is -0.489 e. The molecule has 0 spiro atoms. The highest BCUT2D eigenvalue weighted by Crippen LogP contribution is 2.37. The number of nitrogens with two attached hydrogens (primary N) is 1. The van der Waals surface area contributed by atoms with Gasteiger partial charge in [-0.15, -0.1) is 0 Å². The van der Waals surface area contributed by atoms with E-state index in [-0.39, 0.29) is 12.1 Å². The number of benzene rings is 2. The molecule has 1 aliphatic rings. The molecule has 2 N–H and O–H groups in total. The molecule has 30 heavy (non-hydrogen) atoms. The molecule has 10 heteroatoms. The zero-order chi connectivity index (χ0) is 21.8. The number of esters is 1. The summed E-state index contributed by atoms with van der Waals surface area (Å²) in [5.74, 6) is 1.98. The van der Waals surface area contributed by atoms with Gasteiger partial charge in [-0.2, -0.15) is 0 Å². The number of carbonyl (C=O) groups is 1. The van der Waals surface area contributed by atoms with Crippen molar-refractivity contribution in [3.05, 3.63) is 44.1 Å². The Morgan fingerprint density at radius 3 is 2.20 bits per heavy atom. The fourth-order valence-corrected chi connectivity index (χ4v) is 6.75. The summed E-state index contributed by atoms with van der Waals surface area (Å²) in [4.78, 5) is 11.8. The normalized spacial score (nSPS) is 16.1. The van der Waals surface area contributed by atoms with Gasteiger partial charge in [-0.1, -0.05) is 0 Å². The Morgan fingerprint density at radius 1 is 1.10 bits per heavy atom. The van der Waals surface area contributed by atoms with E-state index in [1.165, 1.54) is 0 Å². The first-order chi connectivity index (χ1) is 14.3. The third-order valence-electron chi connectivity index (χ3n) is 4.11. The molecule has 0 bridgehead atoms. The first-order valence-corrected chi connectivity index (χ1v) is 13.4. The van der Waals surface area contributed by atoms with Crippen LogP contribution in [0.15, 0.2) is 24.3 Å². The highest BCUT2D eigenvalue weighted by Gasteiger charge is 2.24. The molecule has 1 fully saturated rings. The van der Waals surface area contributed by atoms with E-state index in [9.17, 15) is 4.79 Å². The second-order valence-electron chi connectivity index (χ2n) is 6.54. The van der Waals surface area contributed by atoms with E-state index in [2.05, 4.69) is 90.4 Å². The lowest BCUT2D eigenvalue weighted by atomic mass is 10.1. The van der Waals surface area contributed by atoms with Crippen LogP contribution in [0.25, 0.3) is 0 Å². The number of halogens is 4. The molecule has 162 valence electrons. The maximum Gasteiger partial charge on any atom is 0.323 e. The molecule has 6 nitrogen and oxygen atoms in total. The summed E-state index contributed by atoms with van der Waals surface area (Å²) >= 11 is 9.00. The Kier molecular flexibility index (Phi) is 9.55. The lowest BCUT2D eigenvalue weighted by Crippen LogP contribution is -2.34. The maximum absolute atomic E-state index is 11.8. The van der Waals surface area contributed by atoms with Crippen LogP contribution in [0, 0.1) is 14.3 Å². The molecule has 1 heterocycles. The molecule has 0 amide bonds. The maximum atomic E-state index is 11.8. The van der Waals surface area contributed by atoms with Gasteiger partial charge >= 0.3 is 5.97 Å². The second-order valence-corrected chi connectivity index (χ2v) is 11.2. The summed E-state index contributed by atoms with van der Waals surface area (Å²) in [5, 5.41) is 0. The predicted octanol–water partition coefficient (Wildman–Crippen LogP) is 5.11. The molecule has 0 saturated carbocycles. The Hall–Kier alpha value is 0.350. The van der Waals surface area contributed by atoms with E-state index < -0.39 is 6.04 Å². The highest BCUT2D eigenvalue weighted by atomic mass is 127. The zero-order valence-electron chi connectivity index (χ0n) is 15.9. The van der Waals surface area contributed by atoms with Gasteiger partial charge in [0.25, 0.3) is 0 Å². The molecule has 0 aliphatic carbocycles. The number of rotatable bonds is 9. The Balaban J connectivity index is 1.74. The molecule has 0 aromatic heterocycles. The summed E-state index contributed by atoms with van der Waals surface area (Å²) in [5.41, 5.74) is 6.92. The van der Waals surface area contributed by atoms with E-state index in [0.717, 1.165) is 43.7 Å². The third kappa shape index (κ3) is 6.92. The molecule has 2 unspecified atom stereocenters. The molecule has 2 aromatic rings. The standard InChI is InChI=1S/C20H19I4NO5/c1-2-27-20(26)17(25)5-10-3-13(21)19(14(22)4-10)30-11-6-15(23)18(16(24)7-11)29-9-12-8-28-12/h3-4,6-7,12,17H,2,5,8-9,25H2,1H3. The van der Waals surface area contributed by atoms with E-state index in [1.807, 2.05) is 24.3 Å². The molecule has 2 atom stereocenters. The van der Waals surface area contributed by atoms with Gasteiger partial charge < -0.3 is 24.7 Å². The van der Waals surface area contributed by atoms with Gasteiger partial charge in [0.05, 0.1) is 27.5 Å². The average molecular weight is 861 g/mol. The number of hydrogen-bond acceptors (Lipinski definition) is 6. The van der Waals surface area contributed by atoms with Crippen LogP contribution in [0.5, 0.6) is 17.2 Å². The molecule has 2 aromatic carbocycles. The van der Waals surface area contributed by atoms with Crippen LogP contribution in [0.1, 0.15) is 12.5 Å². The molecular weight excluding hydrogens is 842 g/mol. The van der Waals surface area contributed by atoms with Crippen molar-refractivity contribution in [2.75, 3.05) is 19.8 Å². The van der Waals surface area contributed by atoms with Crippen LogP contribution in [-0.2, 0) is 20.7 Å². The van der Waals surface area contributed by atoms with Crippen LogP contribution in [-0.4, -0.2) is 37.9 Å². The van der Waals surface area contributed by atoms with E-state index >= 15 is 0 Å². The minimum atomic E-state index is -0.681. The van der Waals surface area contributed by atoms with Gasteiger partial charge in [0, 0.05) is 0 Å².